The summed E-state index contributed by atoms with van der Waals surface area (Å²) >= 11 is 0. The average Bonchev–Trinajstić information content (AvgIpc) is 2.29. The van der Waals surface area contributed by atoms with Crippen LogP contribution in [0.5, 0.6) is 0 Å². The number of hydrogen-bond acceptors (Lipinski definition) is 3. The van der Waals surface area contributed by atoms with Crippen molar-refractivity contribution >= 4 is 0 Å². The standard InChI is InChI=1S/C14H31NO2/c1-5-7-14(15-8-6-2)12-17-10-9-16-11-13(3)4/h13-15H,5-12H2,1-4H3. The normalized spacial score (nSPS) is 13.2. The van der Waals surface area contributed by atoms with Gasteiger partial charge in [-0.1, -0.05) is 34.1 Å². The lowest BCUT2D eigenvalue weighted by Gasteiger charge is -2.18. The summed E-state index contributed by atoms with van der Waals surface area (Å²) in [6.45, 7) is 12.9. The molecule has 0 aromatic rings. The van der Waals surface area contributed by atoms with E-state index in [0.29, 0.717) is 25.2 Å². The maximum atomic E-state index is 5.64. The fourth-order valence-electron chi connectivity index (χ4n) is 1.60. The Morgan fingerprint density at radius 1 is 0.941 bits per heavy atom. The van der Waals surface area contributed by atoms with Gasteiger partial charge >= 0.3 is 0 Å². The highest BCUT2D eigenvalue weighted by atomic mass is 16.5. The van der Waals surface area contributed by atoms with Gasteiger partial charge in [-0.3, -0.25) is 0 Å². The fourth-order valence-corrected chi connectivity index (χ4v) is 1.60. The number of nitrogens with one attached hydrogen (secondary N) is 1. The molecule has 0 aliphatic carbocycles. The molecule has 0 saturated carbocycles. The summed E-state index contributed by atoms with van der Waals surface area (Å²) in [5, 5.41) is 3.51. The molecule has 17 heavy (non-hydrogen) atoms. The van der Waals surface area contributed by atoms with Gasteiger partial charge in [-0.05, 0) is 25.3 Å². The molecule has 0 radical (unpaired) electrons. The molecule has 3 nitrogen and oxygen atoms in total. The van der Waals surface area contributed by atoms with Crippen LogP contribution in [0.15, 0.2) is 0 Å². The second-order valence-corrected chi connectivity index (χ2v) is 4.98. The largest absolute Gasteiger partial charge is 0.379 e. The molecule has 1 unspecified atom stereocenters. The van der Waals surface area contributed by atoms with Gasteiger partial charge in [0.25, 0.3) is 0 Å². The van der Waals surface area contributed by atoms with Crippen LogP contribution in [0.4, 0.5) is 0 Å². The fraction of sp³-hybridized carbons (Fsp3) is 1.00. The smallest absolute Gasteiger partial charge is 0.0701 e. The number of ether oxygens (including phenoxy) is 2. The molecule has 0 saturated heterocycles. The zero-order valence-corrected chi connectivity index (χ0v) is 12.1. The first kappa shape index (κ1) is 16.9. The van der Waals surface area contributed by atoms with Gasteiger partial charge in [0.2, 0.25) is 0 Å². The van der Waals surface area contributed by atoms with E-state index < -0.39 is 0 Å². The van der Waals surface area contributed by atoms with Crippen molar-refractivity contribution < 1.29 is 9.47 Å². The van der Waals surface area contributed by atoms with Crippen molar-refractivity contribution in [3.63, 3.8) is 0 Å². The van der Waals surface area contributed by atoms with Crippen LogP contribution in [0, 0.1) is 5.92 Å². The Balaban J connectivity index is 3.40. The van der Waals surface area contributed by atoms with Gasteiger partial charge in [-0.15, -0.1) is 0 Å². The summed E-state index contributed by atoms with van der Waals surface area (Å²) < 4.78 is 11.1. The summed E-state index contributed by atoms with van der Waals surface area (Å²) in [7, 11) is 0. The molecule has 0 heterocycles. The van der Waals surface area contributed by atoms with Crippen molar-refractivity contribution in [3.05, 3.63) is 0 Å². The Morgan fingerprint density at radius 3 is 2.12 bits per heavy atom. The first-order chi connectivity index (χ1) is 8.20. The van der Waals surface area contributed by atoms with Crippen molar-refractivity contribution in [1.82, 2.24) is 5.32 Å². The van der Waals surface area contributed by atoms with Crippen LogP contribution in [0.3, 0.4) is 0 Å². The van der Waals surface area contributed by atoms with Crippen LogP contribution >= 0.6 is 0 Å². The van der Waals surface area contributed by atoms with Crippen LogP contribution in [-0.4, -0.2) is 39.0 Å². The summed E-state index contributed by atoms with van der Waals surface area (Å²) in [5.74, 6) is 0.606. The zero-order valence-electron chi connectivity index (χ0n) is 12.1. The quantitative estimate of drug-likeness (QED) is 0.536. The van der Waals surface area contributed by atoms with E-state index in [2.05, 4.69) is 33.0 Å². The maximum Gasteiger partial charge on any atom is 0.0701 e. The molecule has 104 valence electrons. The van der Waals surface area contributed by atoms with Gasteiger partial charge in [0.15, 0.2) is 0 Å². The zero-order chi connectivity index (χ0) is 12.9. The molecule has 1 atom stereocenters. The maximum absolute atomic E-state index is 5.64. The van der Waals surface area contributed by atoms with Crippen molar-refractivity contribution in [3.8, 4) is 0 Å². The molecule has 0 rings (SSSR count). The first-order valence-electron chi connectivity index (χ1n) is 7.09. The lowest BCUT2D eigenvalue weighted by molar-refractivity contribution is 0.0296. The highest BCUT2D eigenvalue weighted by Gasteiger charge is 2.06. The number of hydrogen-bond donors (Lipinski definition) is 1. The predicted molar refractivity (Wildman–Crippen MR) is 73.5 cm³/mol. The SMILES string of the molecule is CCCNC(CCC)COCCOCC(C)C. The second-order valence-electron chi connectivity index (χ2n) is 4.98. The Bertz CT molecular complexity index is 151. The third-order valence-electron chi connectivity index (χ3n) is 2.46. The van der Waals surface area contributed by atoms with Crippen molar-refractivity contribution in [2.24, 2.45) is 5.92 Å². The van der Waals surface area contributed by atoms with Crippen LogP contribution in [0.25, 0.3) is 0 Å². The van der Waals surface area contributed by atoms with Gasteiger partial charge in [0, 0.05) is 12.6 Å². The Morgan fingerprint density at radius 2 is 1.59 bits per heavy atom. The van der Waals surface area contributed by atoms with E-state index in [-0.39, 0.29) is 0 Å². The van der Waals surface area contributed by atoms with E-state index in [1.165, 1.54) is 19.3 Å². The molecule has 0 fully saturated rings. The minimum atomic E-state index is 0.505. The summed E-state index contributed by atoms with van der Waals surface area (Å²) in [4.78, 5) is 0. The Hall–Kier alpha value is -0.120. The van der Waals surface area contributed by atoms with Crippen LogP contribution in [-0.2, 0) is 9.47 Å². The van der Waals surface area contributed by atoms with Crippen molar-refractivity contribution in [2.45, 2.75) is 53.0 Å². The summed E-state index contributed by atoms with van der Waals surface area (Å²) in [6, 6.07) is 0.505. The third kappa shape index (κ3) is 12.1. The van der Waals surface area contributed by atoms with Crippen molar-refractivity contribution in [1.29, 1.82) is 0 Å². The minimum absolute atomic E-state index is 0.505. The van der Waals surface area contributed by atoms with Crippen LogP contribution < -0.4 is 5.32 Å². The van der Waals surface area contributed by atoms with E-state index in [1.54, 1.807) is 0 Å². The lowest BCUT2D eigenvalue weighted by atomic mass is 10.2. The average molecular weight is 245 g/mol. The van der Waals surface area contributed by atoms with Gasteiger partial charge in [0.05, 0.1) is 19.8 Å². The molecule has 0 spiro atoms. The van der Waals surface area contributed by atoms with Crippen LogP contribution in [0.1, 0.15) is 47.0 Å². The van der Waals surface area contributed by atoms with Gasteiger partial charge in [-0.25, -0.2) is 0 Å². The molecule has 3 heteroatoms. The molecular weight excluding hydrogens is 214 g/mol. The molecule has 0 aliphatic heterocycles. The van der Waals surface area contributed by atoms with E-state index >= 15 is 0 Å². The molecule has 0 bridgehead atoms. The molecule has 0 aromatic carbocycles. The van der Waals surface area contributed by atoms with Gasteiger partial charge in [0.1, 0.15) is 0 Å². The topological polar surface area (TPSA) is 30.5 Å². The highest BCUT2D eigenvalue weighted by molar-refractivity contribution is 4.64. The molecule has 0 aliphatic rings. The minimum Gasteiger partial charge on any atom is -0.379 e. The predicted octanol–water partition coefficient (Wildman–Crippen LogP) is 2.84. The Kier molecular flexibility index (Phi) is 12.3. The van der Waals surface area contributed by atoms with E-state index in [9.17, 15) is 0 Å². The van der Waals surface area contributed by atoms with Gasteiger partial charge < -0.3 is 14.8 Å². The summed E-state index contributed by atoms with van der Waals surface area (Å²) in [6.07, 6.45) is 3.57. The summed E-state index contributed by atoms with van der Waals surface area (Å²) in [5.41, 5.74) is 0. The van der Waals surface area contributed by atoms with Crippen LogP contribution in [0.2, 0.25) is 0 Å². The molecular formula is C14H31NO2. The molecule has 1 N–H and O–H groups in total. The van der Waals surface area contributed by atoms with E-state index in [1.807, 2.05) is 0 Å². The first-order valence-corrected chi connectivity index (χ1v) is 7.09. The van der Waals surface area contributed by atoms with Crippen molar-refractivity contribution in [2.75, 3.05) is 33.0 Å². The number of rotatable bonds is 12. The lowest BCUT2D eigenvalue weighted by Crippen LogP contribution is -2.34. The second kappa shape index (κ2) is 12.3. The van der Waals surface area contributed by atoms with E-state index in [0.717, 1.165) is 19.8 Å². The monoisotopic (exact) mass is 245 g/mol. The van der Waals surface area contributed by atoms with Gasteiger partial charge in [-0.2, -0.15) is 0 Å². The highest BCUT2D eigenvalue weighted by Crippen LogP contribution is 1.98. The molecule has 0 amide bonds. The molecule has 0 aromatic heterocycles. The third-order valence-corrected chi connectivity index (χ3v) is 2.46. The van der Waals surface area contributed by atoms with E-state index in [4.69, 9.17) is 9.47 Å². The Labute approximate surface area is 107 Å².